The maximum atomic E-state index is 10.8. The van der Waals surface area contributed by atoms with Crippen LogP contribution in [0.1, 0.15) is 33.6 Å². The van der Waals surface area contributed by atoms with E-state index >= 15 is 0 Å². The van der Waals surface area contributed by atoms with Gasteiger partial charge < -0.3 is 14.6 Å². The van der Waals surface area contributed by atoms with Crippen molar-refractivity contribution >= 4 is 11.9 Å². The van der Waals surface area contributed by atoms with Crippen molar-refractivity contribution in [3.63, 3.8) is 0 Å². The van der Waals surface area contributed by atoms with E-state index in [1.54, 1.807) is 20.8 Å². The fourth-order valence-corrected chi connectivity index (χ4v) is 0.597. The molecule has 0 heterocycles. The van der Waals surface area contributed by atoms with Gasteiger partial charge in [-0.25, -0.2) is 0 Å². The Labute approximate surface area is 93.2 Å². The predicted octanol–water partition coefficient (Wildman–Crippen LogP) is -0.144. The van der Waals surface area contributed by atoms with Crippen LogP contribution in [0.25, 0.3) is 0 Å². The Morgan fingerprint density at radius 1 is 1.23 bits per heavy atom. The van der Waals surface area contributed by atoms with E-state index in [4.69, 9.17) is 4.74 Å². The number of aliphatic carboxylic acids is 1. The summed E-state index contributed by atoms with van der Waals surface area (Å²) in [4.78, 5) is 20.8. The molecule has 0 spiro atoms. The molecule has 0 aliphatic heterocycles. The van der Waals surface area contributed by atoms with Crippen molar-refractivity contribution < 1.29 is 41.8 Å². The molecule has 5 heteroatoms. The van der Waals surface area contributed by atoms with Gasteiger partial charge in [-0.2, -0.15) is 0 Å². The van der Waals surface area contributed by atoms with Crippen LogP contribution in [0.5, 0.6) is 0 Å². The minimum atomic E-state index is -1.24. The van der Waals surface area contributed by atoms with Gasteiger partial charge in [0, 0.05) is 5.97 Å². The average Bonchev–Trinajstić information content (AvgIpc) is 1.79. The van der Waals surface area contributed by atoms with Crippen molar-refractivity contribution in [3.05, 3.63) is 0 Å². The zero-order valence-electron chi connectivity index (χ0n) is 7.85. The number of carbonyl (C=O) groups is 2. The minimum absolute atomic E-state index is 0. The van der Waals surface area contributed by atoms with Crippen LogP contribution in [0.15, 0.2) is 0 Å². The molecule has 0 N–H and O–H groups in total. The smallest absolute Gasteiger partial charge is 0.550 e. The van der Waals surface area contributed by atoms with E-state index in [0.29, 0.717) is 0 Å². The van der Waals surface area contributed by atoms with Gasteiger partial charge in [0.1, 0.15) is 5.60 Å². The molecule has 4 nitrogen and oxygen atoms in total. The first kappa shape index (κ1) is 15.2. The van der Waals surface area contributed by atoms with E-state index in [1.807, 2.05) is 0 Å². The van der Waals surface area contributed by atoms with E-state index in [0.717, 1.165) is 0 Å². The zero-order valence-corrected chi connectivity index (χ0v) is 9.33. The monoisotopic (exact) mass is 280 g/mol. The third kappa shape index (κ3) is 11.7. The third-order valence-electron chi connectivity index (χ3n) is 0.953. The van der Waals surface area contributed by atoms with Crippen molar-refractivity contribution in [2.75, 3.05) is 0 Å². The number of ether oxygens (including phenoxy) is 1. The molecule has 0 aliphatic rings. The van der Waals surface area contributed by atoms with Gasteiger partial charge in [0.15, 0.2) is 0 Å². The maximum absolute atomic E-state index is 10.8. The first-order valence-corrected chi connectivity index (χ1v) is 3.73. The SMILES string of the molecule is CC(C)(C)OC(=O)CCC(=O)[O-].[Ag+]. The second kappa shape index (κ2) is 6.18. The number of rotatable bonds is 3. The largest absolute Gasteiger partial charge is 1.00 e. The van der Waals surface area contributed by atoms with Gasteiger partial charge in [0.25, 0.3) is 0 Å². The summed E-state index contributed by atoms with van der Waals surface area (Å²) in [5.74, 6) is -1.74. The molecule has 0 saturated carbocycles. The Hall–Kier alpha value is -0.320. The van der Waals surface area contributed by atoms with E-state index in [1.165, 1.54) is 0 Å². The second-order valence-electron chi connectivity index (χ2n) is 3.46. The van der Waals surface area contributed by atoms with E-state index in [-0.39, 0.29) is 35.2 Å². The first-order chi connectivity index (χ1) is 5.31. The van der Waals surface area contributed by atoms with Crippen LogP contribution in [0.2, 0.25) is 0 Å². The van der Waals surface area contributed by atoms with E-state index < -0.39 is 17.5 Å². The number of carbonyl (C=O) groups excluding carboxylic acids is 2. The van der Waals surface area contributed by atoms with Gasteiger partial charge in [-0.05, 0) is 27.2 Å². The zero-order chi connectivity index (χ0) is 9.78. The van der Waals surface area contributed by atoms with Crippen molar-refractivity contribution in [1.82, 2.24) is 0 Å². The third-order valence-corrected chi connectivity index (χ3v) is 0.953. The average molecular weight is 281 g/mol. The summed E-state index contributed by atoms with van der Waals surface area (Å²) in [7, 11) is 0. The van der Waals surface area contributed by atoms with E-state index in [9.17, 15) is 14.7 Å². The standard InChI is InChI=1S/C8H14O4.Ag/c1-8(2,3)12-7(11)5-4-6(9)10;/h4-5H2,1-3H3,(H,9,10);/q;+1/p-1. The van der Waals surface area contributed by atoms with Crippen LogP contribution >= 0.6 is 0 Å². The summed E-state index contributed by atoms with van der Waals surface area (Å²) >= 11 is 0. The second-order valence-corrected chi connectivity index (χ2v) is 3.46. The molecule has 13 heavy (non-hydrogen) atoms. The van der Waals surface area contributed by atoms with Gasteiger partial charge in [-0.3, -0.25) is 4.79 Å². The van der Waals surface area contributed by atoms with Crippen molar-refractivity contribution in [3.8, 4) is 0 Å². The summed E-state index contributed by atoms with van der Waals surface area (Å²) in [5.41, 5.74) is -0.553. The molecular weight excluding hydrogens is 268 g/mol. The first-order valence-electron chi connectivity index (χ1n) is 3.73. The summed E-state index contributed by atoms with van der Waals surface area (Å²) in [5, 5.41) is 9.95. The number of esters is 1. The molecule has 0 unspecified atom stereocenters. The molecule has 0 rings (SSSR count). The molecule has 0 radical (unpaired) electrons. The van der Waals surface area contributed by atoms with Gasteiger partial charge in [-0.1, -0.05) is 0 Å². The van der Waals surface area contributed by atoms with Crippen molar-refractivity contribution in [1.29, 1.82) is 0 Å². The maximum Gasteiger partial charge on any atom is 1.00 e. The van der Waals surface area contributed by atoms with Crippen LogP contribution in [-0.4, -0.2) is 17.5 Å². The Morgan fingerprint density at radius 2 is 1.69 bits per heavy atom. The summed E-state index contributed by atoms with van der Waals surface area (Å²) < 4.78 is 4.86. The Morgan fingerprint density at radius 3 is 2.00 bits per heavy atom. The molecule has 0 aromatic rings. The molecule has 0 aromatic heterocycles. The minimum Gasteiger partial charge on any atom is -0.550 e. The summed E-state index contributed by atoms with van der Waals surface area (Å²) in [6.07, 6.45) is -0.408. The van der Waals surface area contributed by atoms with Crippen LogP contribution in [0.4, 0.5) is 0 Å². The summed E-state index contributed by atoms with van der Waals surface area (Å²) in [6, 6.07) is 0. The van der Waals surface area contributed by atoms with Crippen LogP contribution in [0.3, 0.4) is 0 Å². The molecule has 0 saturated heterocycles. The molecule has 0 aliphatic carbocycles. The predicted molar refractivity (Wildman–Crippen MR) is 40.1 cm³/mol. The normalized spacial score (nSPS) is 10.1. The quantitative estimate of drug-likeness (QED) is 0.533. The molecule has 80 valence electrons. The molecular formula is C8H13AgO4. The number of carboxylic acids is 1. The van der Waals surface area contributed by atoms with Crippen molar-refractivity contribution in [2.45, 2.75) is 39.2 Å². The number of hydrogen-bond donors (Lipinski definition) is 0. The molecule has 0 atom stereocenters. The van der Waals surface area contributed by atoms with Crippen LogP contribution in [0, 0.1) is 0 Å². The van der Waals surface area contributed by atoms with Gasteiger partial charge >= 0.3 is 28.3 Å². The molecule has 0 amide bonds. The number of hydrogen-bond acceptors (Lipinski definition) is 4. The van der Waals surface area contributed by atoms with Crippen LogP contribution in [-0.2, 0) is 36.7 Å². The fourth-order valence-electron chi connectivity index (χ4n) is 0.597. The summed E-state index contributed by atoms with van der Waals surface area (Å²) in [6.45, 7) is 5.18. The Kier molecular flexibility index (Phi) is 7.21. The Bertz CT molecular complexity index is 183. The van der Waals surface area contributed by atoms with Gasteiger partial charge in [0.2, 0.25) is 0 Å². The molecule has 0 fully saturated rings. The Balaban J connectivity index is 0. The van der Waals surface area contributed by atoms with E-state index in [2.05, 4.69) is 0 Å². The van der Waals surface area contributed by atoms with Crippen molar-refractivity contribution in [2.24, 2.45) is 0 Å². The molecule has 0 bridgehead atoms. The van der Waals surface area contributed by atoms with Gasteiger partial charge in [0.05, 0.1) is 6.42 Å². The fraction of sp³-hybridized carbons (Fsp3) is 0.750. The van der Waals surface area contributed by atoms with Gasteiger partial charge in [-0.15, -0.1) is 0 Å². The molecule has 0 aromatic carbocycles. The number of carboxylic acid groups (broad SMARTS) is 1. The van der Waals surface area contributed by atoms with Crippen LogP contribution < -0.4 is 5.11 Å². The topological polar surface area (TPSA) is 66.4 Å².